The van der Waals surface area contributed by atoms with E-state index in [0.717, 1.165) is 5.56 Å². The highest BCUT2D eigenvalue weighted by Gasteiger charge is 2.72. The number of aryl methyl sites for hydroxylation is 1. The van der Waals surface area contributed by atoms with Gasteiger partial charge in [0.2, 0.25) is 0 Å². The molecule has 0 radical (unpaired) electrons. The Labute approximate surface area is 153 Å². The van der Waals surface area contributed by atoms with Crippen LogP contribution in [-0.2, 0) is 14.6 Å². The van der Waals surface area contributed by atoms with E-state index in [2.05, 4.69) is 6.07 Å². The molecular formula is C20H20FNO3S. The number of ether oxygens (including phenoxy) is 1. The lowest BCUT2D eigenvalue weighted by atomic mass is 10.0. The first-order valence-electron chi connectivity index (χ1n) is 8.42. The monoisotopic (exact) mass is 373 g/mol. The van der Waals surface area contributed by atoms with Crippen LogP contribution in [0.3, 0.4) is 0 Å². The molecule has 0 bridgehead atoms. The SMILES string of the molecule is CCOC[C@@]1(C#N)[C@H](c2cccc(F)c2)[C@@H]1S(=O)(=O)c1ccc(C)cc1. The molecule has 1 aliphatic carbocycles. The van der Waals surface area contributed by atoms with E-state index in [9.17, 15) is 18.1 Å². The first-order chi connectivity index (χ1) is 12.4. The second-order valence-corrected chi connectivity index (χ2v) is 8.67. The van der Waals surface area contributed by atoms with Crippen LogP contribution in [0.25, 0.3) is 0 Å². The first-order valence-corrected chi connectivity index (χ1v) is 9.96. The van der Waals surface area contributed by atoms with Crippen molar-refractivity contribution in [3.63, 3.8) is 0 Å². The smallest absolute Gasteiger partial charge is 0.183 e. The van der Waals surface area contributed by atoms with Gasteiger partial charge in [0.15, 0.2) is 9.84 Å². The minimum atomic E-state index is -3.77. The minimum absolute atomic E-state index is 0.00304. The van der Waals surface area contributed by atoms with Crippen molar-refractivity contribution in [3.05, 3.63) is 65.5 Å². The molecule has 6 heteroatoms. The molecule has 3 rings (SSSR count). The van der Waals surface area contributed by atoms with Gasteiger partial charge in [-0.15, -0.1) is 0 Å². The van der Waals surface area contributed by atoms with E-state index in [4.69, 9.17) is 4.74 Å². The lowest BCUT2D eigenvalue weighted by Gasteiger charge is -2.10. The number of benzene rings is 2. The van der Waals surface area contributed by atoms with Crippen LogP contribution in [0, 0.1) is 29.5 Å². The maximum absolute atomic E-state index is 13.7. The van der Waals surface area contributed by atoms with Gasteiger partial charge in [-0.05, 0) is 43.7 Å². The van der Waals surface area contributed by atoms with Crippen molar-refractivity contribution >= 4 is 9.84 Å². The molecule has 26 heavy (non-hydrogen) atoms. The molecular weight excluding hydrogens is 353 g/mol. The van der Waals surface area contributed by atoms with Crippen LogP contribution in [0.1, 0.15) is 24.0 Å². The van der Waals surface area contributed by atoms with Crippen LogP contribution in [0.5, 0.6) is 0 Å². The van der Waals surface area contributed by atoms with Gasteiger partial charge in [-0.1, -0.05) is 29.8 Å². The minimum Gasteiger partial charge on any atom is -0.380 e. The number of sulfone groups is 1. The van der Waals surface area contributed by atoms with Crippen molar-refractivity contribution in [2.24, 2.45) is 5.41 Å². The molecule has 0 heterocycles. The number of hydrogen-bond donors (Lipinski definition) is 0. The summed E-state index contributed by atoms with van der Waals surface area (Å²) < 4.78 is 45.5. The summed E-state index contributed by atoms with van der Waals surface area (Å²) in [5.74, 6) is -1.08. The Balaban J connectivity index is 2.07. The van der Waals surface area contributed by atoms with Gasteiger partial charge in [-0.2, -0.15) is 5.26 Å². The Morgan fingerprint density at radius 2 is 1.92 bits per heavy atom. The molecule has 0 unspecified atom stereocenters. The summed E-state index contributed by atoms with van der Waals surface area (Å²) >= 11 is 0. The molecule has 0 amide bonds. The highest BCUT2D eigenvalue weighted by molar-refractivity contribution is 7.92. The fourth-order valence-electron chi connectivity index (χ4n) is 3.52. The lowest BCUT2D eigenvalue weighted by Crippen LogP contribution is -2.19. The molecule has 4 nitrogen and oxygen atoms in total. The summed E-state index contributed by atoms with van der Waals surface area (Å²) in [7, 11) is -3.77. The zero-order valence-corrected chi connectivity index (χ0v) is 15.5. The topological polar surface area (TPSA) is 67.2 Å². The van der Waals surface area contributed by atoms with Gasteiger partial charge < -0.3 is 4.74 Å². The van der Waals surface area contributed by atoms with Crippen LogP contribution in [0.15, 0.2) is 53.4 Å². The van der Waals surface area contributed by atoms with Crippen LogP contribution in [0.2, 0.25) is 0 Å². The second kappa shape index (κ2) is 6.82. The molecule has 1 fully saturated rings. The Morgan fingerprint density at radius 3 is 2.50 bits per heavy atom. The zero-order valence-electron chi connectivity index (χ0n) is 14.6. The van der Waals surface area contributed by atoms with Crippen molar-refractivity contribution in [1.82, 2.24) is 0 Å². The summed E-state index contributed by atoms with van der Waals surface area (Å²) in [5, 5.41) is 8.86. The van der Waals surface area contributed by atoms with E-state index in [1.807, 2.05) is 6.92 Å². The third kappa shape index (κ3) is 3.02. The average Bonchev–Trinajstić information content (AvgIpc) is 3.31. The van der Waals surface area contributed by atoms with Crippen molar-refractivity contribution in [2.45, 2.75) is 29.9 Å². The number of hydrogen-bond acceptors (Lipinski definition) is 4. The van der Waals surface area contributed by atoms with Gasteiger partial charge in [0, 0.05) is 12.5 Å². The number of nitrogens with zero attached hydrogens (tertiary/aromatic N) is 1. The van der Waals surface area contributed by atoms with Crippen LogP contribution >= 0.6 is 0 Å². The van der Waals surface area contributed by atoms with Gasteiger partial charge in [0.25, 0.3) is 0 Å². The largest absolute Gasteiger partial charge is 0.380 e. The Hall–Kier alpha value is -2.23. The molecule has 1 saturated carbocycles. The van der Waals surface area contributed by atoms with Crippen LogP contribution in [0.4, 0.5) is 4.39 Å². The maximum atomic E-state index is 13.7. The molecule has 0 saturated heterocycles. The van der Waals surface area contributed by atoms with E-state index in [1.165, 1.54) is 18.2 Å². The Bertz CT molecular complexity index is 950. The summed E-state index contributed by atoms with van der Waals surface area (Å²) in [4.78, 5) is 0.170. The van der Waals surface area contributed by atoms with E-state index in [0.29, 0.717) is 12.2 Å². The van der Waals surface area contributed by atoms with Gasteiger partial charge in [0.05, 0.1) is 22.8 Å². The Morgan fingerprint density at radius 1 is 1.23 bits per heavy atom. The van der Waals surface area contributed by atoms with Crippen LogP contribution in [-0.4, -0.2) is 26.9 Å². The van der Waals surface area contributed by atoms with Crippen LogP contribution < -0.4 is 0 Å². The van der Waals surface area contributed by atoms with E-state index < -0.39 is 32.2 Å². The van der Waals surface area contributed by atoms with Gasteiger partial charge >= 0.3 is 0 Å². The van der Waals surface area contributed by atoms with E-state index in [1.54, 1.807) is 37.3 Å². The van der Waals surface area contributed by atoms with Gasteiger partial charge in [-0.3, -0.25) is 0 Å². The lowest BCUT2D eigenvalue weighted by molar-refractivity contribution is 0.117. The molecule has 2 aromatic rings. The van der Waals surface area contributed by atoms with Crippen molar-refractivity contribution in [1.29, 1.82) is 5.26 Å². The maximum Gasteiger partial charge on any atom is 0.183 e. The molecule has 0 aliphatic heterocycles. The predicted octanol–water partition coefficient (Wildman–Crippen LogP) is 3.62. The molecule has 0 aromatic heterocycles. The van der Waals surface area contributed by atoms with Crippen molar-refractivity contribution < 1.29 is 17.5 Å². The fourth-order valence-corrected chi connectivity index (χ4v) is 5.83. The number of halogens is 1. The van der Waals surface area contributed by atoms with E-state index >= 15 is 0 Å². The normalized spacial score (nSPS) is 24.8. The third-order valence-electron chi connectivity index (χ3n) is 4.90. The molecule has 0 N–H and O–H groups in total. The molecule has 3 atom stereocenters. The van der Waals surface area contributed by atoms with Gasteiger partial charge in [0.1, 0.15) is 11.2 Å². The number of rotatable bonds is 6. The standard InChI is InChI=1S/C20H20FNO3S/c1-3-25-13-20(12-22)18(15-5-4-6-16(21)11-15)19(20)26(23,24)17-9-7-14(2)8-10-17/h4-11,18-19H,3,13H2,1-2H3/t18-,19+,20+/m1/s1. The summed E-state index contributed by atoms with van der Waals surface area (Å²) in [6, 6.07) is 14.5. The first kappa shape index (κ1) is 18.6. The second-order valence-electron chi connectivity index (χ2n) is 6.60. The Kier molecular flexibility index (Phi) is 4.87. The summed E-state index contributed by atoms with van der Waals surface area (Å²) in [5.41, 5.74) is 0.238. The van der Waals surface area contributed by atoms with Crippen molar-refractivity contribution in [3.8, 4) is 6.07 Å². The molecule has 136 valence electrons. The predicted molar refractivity (Wildman–Crippen MR) is 95.8 cm³/mol. The zero-order chi connectivity index (χ0) is 18.9. The third-order valence-corrected chi connectivity index (χ3v) is 7.19. The van der Waals surface area contributed by atoms with Gasteiger partial charge in [-0.25, -0.2) is 12.8 Å². The molecule has 1 aliphatic rings. The average molecular weight is 373 g/mol. The number of nitriles is 1. The molecule has 0 spiro atoms. The van der Waals surface area contributed by atoms with Crippen molar-refractivity contribution in [2.75, 3.05) is 13.2 Å². The highest BCUT2D eigenvalue weighted by Crippen LogP contribution is 2.63. The highest BCUT2D eigenvalue weighted by atomic mass is 32.2. The molecule has 2 aromatic carbocycles. The quantitative estimate of drug-likeness (QED) is 0.776. The fraction of sp³-hybridized carbons (Fsp3) is 0.350. The summed E-state index contributed by atoms with van der Waals surface area (Å²) in [6.45, 7) is 4.03. The van der Waals surface area contributed by atoms with E-state index in [-0.39, 0.29) is 11.5 Å². The summed E-state index contributed by atoms with van der Waals surface area (Å²) in [6.07, 6.45) is 0.